The van der Waals surface area contributed by atoms with Gasteiger partial charge in [-0.15, -0.1) is 0 Å². The molecule has 2 rings (SSSR count). The second-order valence-electron chi connectivity index (χ2n) is 4.18. The van der Waals surface area contributed by atoms with Crippen LogP contribution in [0.1, 0.15) is 6.42 Å². The molecule has 0 spiro atoms. The van der Waals surface area contributed by atoms with E-state index in [1.54, 1.807) is 12.4 Å². The Morgan fingerprint density at radius 3 is 2.47 bits per heavy atom. The summed E-state index contributed by atoms with van der Waals surface area (Å²) in [5.74, 6) is -0.721. The van der Waals surface area contributed by atoms with Crippen molar-refractivity contribution in [3.05, 3.63) is 24.5 Å². The van der Waals surface area contributed by atoms with Crippen molar-refractivity contribution in [1.82, 2.24) is 9.88 Å². The van der Waals surface area contributed by atoms with Gasteiger partial charge in [0.15, 0.2) is 0 Å². The van der Waals surface area contributed by atoms with Crippen molar-refractivity contribution in [1.29, 1.82) is 0 Å². The van der Waals surface area contributed by atoms with E-state index in [1.165, 1.54) is 5.69 Å². The summed E-state index contributed by atoms with van der Waals surface area (Å²) in [7, 11) is 0. The van der Waals surface area contributed by atoms with Crippen LogP contribution in [0.4, 0.5) is 5.69 Å². The van der Waals surface area contributed by atoms with Gasteiger partial charge in [0.05, 0.1) is 6.42 Å². The van der Waals surface area contributed by atoms with Gasteiger partial charge in [-0.2, -0.15) is 0 Å². The minimum Gasteiger partial charge on any atom is -0.481 e. The average molecular weight is 235 g/mol. The molecule has 0 radical (unpaired) electrons. The van der Waals surface area contributed by atoms with Crippen molar-refractivity contribution in [3.8, 4) is 0 Å². The van der Waals surface area contributed by atoms with Gasteiger partial charge in [0.2, 0.25) is 0 Å². The second-order valence-corrected chi connectivity index (χ2v) is 4.18. The van der Waals surface area contributed by atoms with Gasteiger partial charge in [-0.1, -0.05) is 0 Å². The number of carboxylic acid groups (broad SMARTS) is 1. The van der Waals surface area contributed by atoms with Gasteiger partial charge in [0.1, 0.15) is 0 Å². The van der Waals surface area contributed by atoms with E-state index in [0.717, 1.165) is 26.2 Å². The zero-order valence-electron chi connectivity index (χ0n) is 9.75. The molecular weight excluding hydrogens is 218 g/mol. The minimum absolute atomic E-state index is 0.231. The molecule has 92 valence electrons. The van der Waals surface area contributed by atoms with Crippen molar-refractivity contribution < 1.29 is 9.90 Å². The first kappa shape index (κ1) is 11.9. The van der Waals surface area contributed by atoms with Gasteiger partial charge in [0, 0.05) is 50.8 Å². The molecule has 0 aliphatic carbocycles. The predicted octanol–water partition coefficient (Wildman–Crippen LogP) is 0.678. The summed E-state index contributed by atoms with van der Waals surface area (Å²) < 4.78 is 0. The van der Waals surface area contributed by atoms with Crippen LogP contribution >= 0.6 is 0 Å². The highest BCUT2D eigenvalue weighted by Gasteiger charge is 2.17. The molecule has 5 nitrogen and oxygen atoms in total. The molecule has 1 fully saturated rings. The van der Waals surface area contributed by atoms with E-state index in [0.29, 0.717) is 6.54 Å². The predicted molar refractivity (Wildman–Crippen MR) is 65.1 cm³/mol. The molecule has 1 saturated heterocycles. The third-order valence-corrected chi connectivity index (χ3v) is 3.04. The van der Waals surface area contributed by atoms with E-state index in [-0.39, 0.29) is 6.42 Å². The highest BCUT2D eigenvalue weighted by atomic mass is 16.4. The Morgan fingerprint density at radius 2 is 1.88 bits per heavy atom. The molecule has 17 heavy (non-hydrogen) atoms. The molecule has 1 aliphatic heterocycles. The molecule has 0 bridgehead atoms. The minimum atomic E-state index is -0.721. The lowest BCUT2D eigenvalue weighted by molar-refractivity contribution is -0.137. The first-order chi connectivity index (χ1) is 8.25. The summed E-state index contributed by atoms with van der Waals surface area (Å²) in [4.78, 5) is 19.0. The fourth-order valence-electron chi connectivity index (χ4n) is 2.04. The molecule has 0 aromatic carbocycles. The lowest BCUT2D eigenvalue weighted by Crippen LogP contribution is -2.46. The van der Waals surface area contributed by atoms with Gasteiger partial charge < -0.3 is 10.0 Å². The molecule has 2 heterocycles. The quantitative estimate of drug-likeness (QED) is 0.831. The SMILES string of the molecule is O=C(O)CCN1CCN(c2ccncc2)CC1. The van der Waals surface area contributed by atoms with Crippen LogP contribution in [0.3, 0.4) is 0 Å². The Kier molecular flexibility index (Phi) is 3.93. The van der Waals surface area contributed by atoms with Crippen LogP contribution < -0.4 is 4.90 Å². The number of aromatic nitrogens is 1. The first-order valence-electron chi connectivity index (χ1n) is 5.85. The Labute approximate surface area is 101 Å². The number of hydrogen-bond donors (Lipinski definition) is 1. The number of aliphatic carboxylic acids is 1. The van der Waals surface area contributed by atoms with Crippen molar-refractivity contribution >= 4 is 11.7 Å². The zero-order chi connectivity index (χ0) is 12.1. The summed E-state index contributed by atoms with van der Waals surface area (Å²) in [6.07, 6.45) is 3.83. The highest BCUT2D eigenvalue weighted by Crippen LogP contribution is 2.14. The Balaban J connectivity index is 1.80. The van der Waals surface area contributed by atoms with Crippen LogP contribution in [0.5, 0.6) is 0 Å². The molecule has 0 atom stereocenters. The van der Waals surface area contributed by atoms with Crippen molar-refractivity contribution in [2.75, 3.05) is 37.6 Å². The summed E-state index contributed by atoms with van der Waals surface area (Å²) >= 11 is 0. The van der Waals surface area contributed by atoms with E-state index < -0.39 is 5.97 Å². The highest BCUT2D eigenvalue weighted by molar-refractivity contribution is 5.66. The van der Waals surface area contributed by atoms with Crippen LogP contribution in [-0.4, -0.2) is 53.7 Å². The van der Waals surface area contributed by atoms with Crippen LogP contribution in [-0.2, 0) is 4.79 Å². The molecule has 1 N–H and O–H groups in total. The van der Waals surface area contributed by atoms with Gasteiger partial charge in [0.25, 0.3) is 0 Å². The van der Waals surface area contributed by atoms with E-state index in [1.807, 2.05) is 12.1 Å². The third-order valence-electron chi connectivity index (χ3n) is 3.04. The maximum atomic E-state index is 10.5. The molecule has 1 aliphatic rings. The topological polar surface area (TPSA) is 56.7 Å². The normalized spacial score (nSPS) is 17.1. The van der Waals surface area contributed by atoms with Gasteiger partial charge in [-0.25, -0.2) is 0 Å². The second kappa shape index (κ2) is 5.63. The van der Waals surface area contributed by atoms with Crippen LogP contribution in [0.25, 0.3) is 0 Å². The zero-order valence-corrected chi connectivity index (χ0v) is 9.75. The lowest BCUT2D eigenvalue weighted by Gasteiger charge is -2.35. The Morgan fingerprint density at radius 1 is 1.24 bits per heavy atom. The van der Waals surface area contributed by atoms with E-state index in [4.69, 9.17) is 5.11 Å². The fraction of sp³-hybridized carbons (Fsp3) is 0.500. The number of carbonyl (C=O) groups is 1. The summed E-state index contributed by atoms with van der Waals surface area (Å²) in [5, 5.41) is 8.63. The van der Waals surface area contributed by atoms with E-state index in [9.17, 15) is 4.79 Å². The van der Waals surface area contributed by atoms with Gasteiger partial charge in [-0.3, -0.25) is 14.7 Å². The van der Waals surface area contributed by atoms with Crippen LogP contribution in [0, 0.1) is 0 Å². The van der Waals surface area contributed by atoms with Crippen molar-refractivity contribution in [2.45, 2.75) is 6.42 Å². The summed E-state index contributed by atoms with van der Waals surface area (Å²) in [6.45, 7) is 4.40. The number of anilines is 1. The Hall–Kier alpha value is -1.62. The fourth-order valence-corrected chi connectivity index (χ4v) is 2.04. The van der Waals surface area contributed by atoms with Crippen molar-refractivity contribution in [3.63, 3.8) is 0 Å². The first-order valence-corrected chi connectivity index (χ1v) is 5.85. The molecule has 0 amide bonds. The molecule has 0 unspecified atom stereocenters. The number of pyridine rings is 1. The van der Waals surface area contributed by atoms with Crippen LogP contribution in [0.2, 0.25) is 0 Å². The number of hydrogen-bond acceptors (Lipinski definition) is 4. The maximum absolute atomic E-state index is 10.5. The average Bonchev–Trinajstić information content (AvgIpc) is 2.38. The largest absolute Gasteiger partial charge is 0.481 e. The van der Waals surface area contributed by atoms with Gasteiger partial charge >= 0.3 is 5.97 Å². The smallest absolute Gasteiger partial charge is 0.304 e. The van der Waals surface area contributed by atoms with E-state index >= 15 is 0 Å². The standard InChI is InChI=1S/C12H17N3O2/c16-12(17)3-6-14-7-9-15(10-8-14)11-1-4-13-5-2-11/h1-2,4-5H,3,6-10H2,(H,16,17). The van der Waals surface area contributed by atoms with E-state index in [2.05, 4.69) is 14.8 Å². The van der Waals surface area contributed by atoms with Crippen LogP contribution in [0.15, 0.2) is 24.5 Å². The van der Waals surface area contributed by atoms with Crippen molar-refractivity contribution in [2.24, 2.45) is 0 Å². The molecule has 5 heteroatoms. The number of nitrogens with zero attached hydrogens (tertiary/aromatic N) is 3. The summed E-state index contributed by atoms with van der Waals surface area (Å²) in [6, 6.07) is 4.01. The van der Waals surface area contributed by atoms with Gasteiger partial charge in [-0.05, 0) is 12.1 Å². The molecular formula is C12H17N3O2. The number of carboxylic acids is 1. The maximum Gasteiger partial charge on any atom is 0.304 e. The number of rotatable bonds is 4. The molecule has 1 aromatic heterocycles. The third kappa shape index (κ3) is 3.42. The lowest BCUT2D eigenvalue weighted by atomic mass is 10.2. The summed E-state index contributed by atoms with van der Waals surface area (Å²) in [5.41, 5.74) is 1.19. The molecule has 0 saturated carbocycles. The monoisotopic (exact) mass is 235 g/mol. The Bertz CT molecular complexity index is 361. The number of piperazine rings is 1. The molecule has 1 aromatic rings.